The van der Waals surface area contributed by atoms with Gasteiger partial charge in [0.2, 0.25) is 5.82 Å². The summed E-state index contributed by atoms with van der Waals surface area (Å²) >= 11 is 0. The number of aliphatic hydroxyl groups excluding tert-OH is 1. The Morgan fingerprint density at radius 2 is 2.04 bits per heavy atom. The van der Waals surface area contributed by atoms with Crippen LogP contribution in [0.3, 0.4) is 0 Å². The van der Waals surface area contributed by atoms with Gasteiger partial charge in [0.25, 0.3) is 5.91 Å². The number of nitrogens with zero attached hydrogens (tertiary/aromatic N) is 3. The zero-order chi connectivity index (χ0) is 17.3. The number of aliphatic hydroxyl groups is 1. The van der Waals surface area contributed by atoms with Crippen LogP contribution in [-0.4, -0.2) is 25.8 Å². The number of aromatic nitrogens is 3. The molecule has 7 heteroatoms. The number of carbonyl (C=O) groups excluding carboxylic acids is 1. The van der Waals surface area contributed by atoms with Crippen LogP contribution in [0, 0.1) is 19.9 Å². The first-order valence-corrected chi connectivity index (χ1v) is 7.46. The van der Waals surface area contributed by atoms with E-state index in [2.05, 4.69) is 16.1 Å². The van der Waals surface area contributed by atoms with Crippen LogP contribution in [0.25, 0.3) is 17.1 Å². The summed E-state index contributed by atoms with van der Waals surface area (Å²) in [5.41, 5.74) is 9.37. The molecular formula is C18H17IrN4O2-. The van der Waals surface area contributed by atoms with Gasteiger partial charge < -0.3 is 10.8 Å². The molecular weight excluding hydrogens is 496 g/mol. The maximum atomic E-state index is 11.5. The van der Waals surface area contributed by atoms with Gasteiger partial charge in [0.1, 0.15) is 0 Å². The molecule has 0 saturated heterocycles. The van der Waals surface area contributed by atoms with Gasteiger partial charge in [0.05, 0.1) is 18.1 Å². The van der Waals surface area contributed by atoms with Gasteiger partial charge in [-0.2, -0.15) is 0 Å². The number of hydrogen-bond acceptors (Lipinski definition) is 4. The van der Waals surface area contributed by atoms with Crippen molar-refractivity contribution in [2.75, 3.05) is 0 Å². The minimum Gasteiger partial charge on any atom is -0.392 e. The van der Waals surface area contributed by atoms with E-state index >= 15 is 0 Å². The number of aryl methyl sites for hydroxylation is 2. The van der Waals surface area contributed by atoms with Gasteiger partial charge in [-0.05, 0) is 12.5 Å². The average molecular weight is 514 g/mol. The van der Waals surface area contributed by atoms with Gasteiger partial charge in [-0.15, -0.1) is 40.5 Å². The van der Waals surface area contributed by atoms with E-state index in [-0.39, 0.29) is 32.5 Å². The zero-order valence-electron chi connectivity index (χ0n) is 13.8. The maximum absolute atomic E-state index is 11.5. The topological polar surface area (TPSA) is 94.0 Å². The second-order valence-corrected chi connectivity index (χ2v) is 5.56. The van der Waals surface area contributed by atoms with Crippen LogP contribution < -0.4 is 5.73 Å². The van der Waals surface area contributed by atoms with Crippen LogP contribution in [0.15, 0.2) is 36.4 Å². The number of hydrogen-bond donors (Lipinski definition) is 2. The molecule has 2 aromatic carbocycles. The molecule has 0 unspecified atom stereocenters. The molecule has 25 heavy (non-hydrogen) atoms. The van der Waals surface area contributed by atoms with Crippen molar-refractivity contribution < 1.29 is 30.0 Å². The third-order valence-corrected chi connectivity index (χ3v) is 3.74. The quantitative estimate of drug-likeness (QED) is 0.522. The van der Waals surface area contributed by atoms with Gasteiger partial charge in [-0.3, -0.25) is 14.5 Å². The Bertz CT molecular complexity index is 904. The fraction of sp³-hybridized carbons (Fsp3) is 0.167. The van der Waals surface area contributed by atoms with Crippen LogP contribution in [0.1, 0.15) is 27.3 Å². The molecule has 131 valence electrons. The summed E-state index contributed by atoms with van der Waals surface area (Å²) in [5.74, 6) is -0.333. The summed E-state index contributed by atoms with van der Waals surface area (Å²) in [6.07, 6.45) is 0. The van der Waals surface area contributed by atoms with Gasteiger partial charge in [-0.25, -0.2) is 0 Å². The normalized spacial score (nSPS) is 10.4. The van der Waals surface area contributed by atoms with Crippen LogP contribution in [0.2, 0.25) is 0 Å². The van der Waals surface area contributed by atoms with E-state index in [1.807, 2.05) is 44.2 Å². The Hall–Kier alpha value is -2.34. The molecule has 0 atom stereocenters. The maximum Gasteiger partial charge on any atom is 0.287 e. The average Bonchev–Trinajstić information content (AvgIpc) is 3.00. The third-order valence-electron chi connectivity index (χ3n) is 3.74. The first-order valence-electron chi connectivity index (χ1n) is 7.46. The molecule has 0 bridgehead atoms. The molecule has 0 aliphatic heterocycles. The number of carbonyl (C=O) groups is 1. The molecule has 1 heterocycles. The number of para-hydroxylation sites is 1. The molecule has 1 aromatic heterocycles. The first kappa shape index (κ1) is 19.0. The zero-order valence-corrected chi connectivity index (χ0v) is 16.2. The van der Waals surface area contributed by atoms with E-state index < -0.39 is 5.91 Å². The largest absolute Gasteiger partial charge is 0.392 e. The second kappa shape index (κ2) is 7.70. The van der Waals surface area contributed by atoms with Crippen molar-refractivity contribution in [3.8, 4) is 17.1 Å². The fourth-order valence-corrected chi connectivity index (χ4v) is 2.54. The molecule has 3 aromatic rings. The Morgan fingerprint density at radius 1 is 1.28 bits per heavy atom. The standard InChI is InChI=1S/C18H17N4O2.Ir/c1-11-6-8-13(9-7-11)18-20-17(16(19)24)21-22(18)15-12(2)4-3-5-14(15)10-23;/h3-8,23H,10H2,1-2H3,(H2,19,24);/q-1;. The summed E-state index contributed by atoms with van der Waals surface area (Å²) in [6, 6.07) is 14.3. The number of nitrogens with two attached hydrogens (primary N) is 1. The summed E-state index contributed by atoms with van der Waals surface area (Å²) < 4.78 is 1.54. The summed E-state index contributed by atoms with van der Waals surface area (Å²) in [4.78, 5) is 15.8. The monoisotopic (exact) mass is 514 g/mol. The summed E-state index contributed by atoms with van der Waals surface area (Å²) in [5, 5.41) is 13.9. The summed E-state index contributed by atoms with van der Waals surface area (Å²) in [6.45, 7) is 3.72. The van der Waals surface area contributed by atoms with E-state index in [0.717, 1.165) is 11.1 Å². The van der Waals surface area contributed by atoms with Crippen molar-refractivity contribution in [1.82, 2.24) is 14.8 Å². The number of amides is 1. The third kappa shape index (κ3) is 3.69. The first-order chi connectivity index (χ1) is 11.5. The molecule has 0 fully saturated rings. The van der Waals surface area contributed by atoms with Crippen LogP contribution in [0.5, 0.6) is 0 Å². The van der Waals surface area contributed by atoms with Crippen LogP contribution in [0.4, 0.5) is 0 Å². The van der Waals surface area contributed by atoms with E-state index in [9.17, 15) is 9.90 Å². The van der Waals surface area contributed by atoms with Crippen LogP contribution >= 0.6 is 0 Å². The number of benzene rings is 2. The van der Waals surface area contributed by atoms with Gasteiger partial charge in [-0.1, -0.05) is 25.1 Å². The molecule has 6 nitrogen and oxygen atoms in total. The Kier molecular flexibility index (Phi) is 5.85. The van der Waals surface area contributed by atoms with Gasteiger partial charge in [0, 0.05) is 25.7 Å². The van der Waals surface area contributed by atoms with Crippen molar-refractivity contribution in [2.24, 2.45) is 5.73 Å². The molecule has 0 aliphatic carbocycles. The molecule has 1 radical (unpaired) electrons. The molecule has 0 aliphatic rings. The van der Waals surface area contributed by atoms with E-state index in [1.165, 1.54) is 0 Å². The van der Waals surface area contributed by atoms with Crippen molar-refractivity contribution >= 4 is 5.91 Å². The Labute approximate surface area is 159 Å². The molecule has 1 amide bonds. The minimum absolute atomic E-state index is 0. The summed E-state index contributed by atoms with van der Waals surface area (Å²) in [7, 11) is 0. The molecule has 3 N–H and O–H groups in total. The van der Waals surface area contributed by atoms with Crippen molar-refractivity contribution in [2.45, 2.75) is 20.5 Å². The van der Waals surface area contributed by atoms with Gasteiger partial charge in [0.15, 0.2) is 0 Å². The minimum atomic E-state index is -0.707. The molecule has 0 spiro atoms. The van der Waals surface area contributed by atoms with Crippen molar-refractivity contribution in [1.29, 1.82) is 0 Å². The fourth-order valence-electron chi connectivity index (χ4n) is 2.54. The van der Waals surface area contributed by atoms with Crippen LogP contribution in [-0.2, 0) is 26.7 Å². The molecule has 0 saturated carbocycles. The predicted molar refractivity (Wildman–Crippen MR) is 89.5 cm³/mol. The predicted octanol–water partition coefficient (Wildman–Crippen LogP) is 1.94. The Morgan fingerprint density at radius 3 is 2.64 bits per heavy atom. The van der Waals surface area contributed by atoms with Crippen molar-refractivity contribution in [3.63, 3.8) is 0 Å². The van der Waals surface area contributed by atoms with Gasteiger partial charge >= 0.3 is 0 Å². The van der Waals surface area contributed by atoms with E-state index in [0.29, 0.717) is 22.6 Å². The number of primary amides is 1. The SMILES string of the molecule is Cc1c[c-]c(-c2nc(C(N)=O)nn2-c2c(C)cccc2CO)cc1.[Ir]. The number of rotatable bonds is 4. The van der Waals surface area contributed by atoms with E-state index in [1.54, 1.807) is 10.7 Å². The van der Waals surface area contributed by atoms with E-state index in [4.69, 9.17) is 5.73 Å². The Balaban J connectivity index is 0.00000225. The molecule has 3 rings (SSSR count). The second-order valence-electron chi connectivity index (χ2n) is 5.56. The smallest absolute Gasteiger partial charge is 0.287 e. The van der Waals surface area contributed by atoms with Crippen molar-refractivity contribution in [3.05, 3.63) is 65.0 Å².